The monoisotopic (exact) mass is 343 g/mol. The van der Waals surface area contributed by atoms with Gasteiger partial charge in [-0.05, 0) is 25.0 Å². The van der Waals surface area contributed by atoms with Gasteiger partial charge in [-0.15, -0.1) is 5.10 Å². The van der Waals surface area contributed by atoms with E-state index in [9.17, 15) is 4.79 Å². The predicted molar refractivity (Wildman–Crippen MR) is 91.0 cm³/mol. The van der Waals surface area contributed by atoms with Crippen molar-refractivity contribution in [3.8, 4) is 0 Å². The Hall–Kier alpha value is -3.30. The van der Waals surface area contributed by atoms with Crippen LogP contribution in [0.5, 0.6) is 0 Å². The third kappa shape index (κ3) is 6.37. The molecule has 132 valence electrons. The van der Waals surface area contributed by atoms with Crippen LogP contribution >= 0.6 is 0 Å². The second-order valence-electron chi connectivity index (χ2n) is 5.21. The van der Waals surface area contributed by atoms with E-state index in [0.717, 1.165) is 25.1 Å². The summed E-state index contributed by atoms with van der Waals surface area (Å²) in [6.07, 6.45) is 6.51. The van der Waals surface area contributed by atoms with E-state index in [1.807, 2.05) is 12.1 Å². The molecule has 0 aliphatic carbocycles. The summed E-state index contributed by atoms with van der Waals surface area (Å²) in [5, 5.41) is 16.5. The molecule has 0 aromatic carbocycles. The zero-order chi connectivity index (χ0) is 17.9. The van der Waals surface area contributed by atoms with Crippen LogP contribution in [0, 0.1) is 5.53 Å². The number of pyridine rings is 1. The van der Waals surface area contributed by atoms with Crippen LogP contribution in [0.4, 0.5) is 5.82 Å². The molecule has 2 aromatic heterocycles. The maximum absolute atomic E-state index is 12.0. The molecule has 0 fully saturated rings. The van der Waals surface area contributed by atoms with Gasteiger partial charge in [0.15, 0.2) is 11.5 Å². The van der Waals surface area contributed by atoms with E-state index in [1.54, 1.807) is 23.1 Å². The molecule has 0 bridgehead atoms. The van der Waals surface area contributed by atoms with Crippen LogP contribution < -0.4 is 16.4 Å². The highest BCUT2D eigenvalue weighted by atomic mass is 16.2. The Morgan fingerprint density at radius 3 is 2.96 bits per heavy atom. The number of nitrogens with one attached hydrogen (secondary N) is 3. The first kappa shape index (κ1) is 18.0. The fourth-order valence-electron chi connectivity index (χ4n) is 2.01. The Labute approximate surface area is 145 Å². The second kappa shape index (κ2) is 9.75. The molecule has 0 saturated heterocycles. The molecule has 2 rings (SSSR count). The number of hydrogen-bond acceptors (Lipinski definition) is 8. The highest BCUT2D eigenvalue weighted by Gasteiger charge is 2.08. The van der Waals surface area contributed by atoms with Gasteiger partial charge < -0.3 is 16.4 Å². The molecule has 0 atom stereocenters. The van der Waals surface area contributed by atoms with Crippen molar-refractivity contribution in [1.82, 2.24) is 30.6 Å². The number of nitrogen functional groups attached to an aromatic ring is 1. The number of anilines is 1. The number of carbonyl (C=O) groups excluding carboxylic acids is 1. The minimum atomic E-state index is -0.425. The van der Waals surface area contributed by atoms with Crippen molar-refractivity contribution in [2.45, 2.75) is 25.9 Å². The number of carbonyl (C=O) groups is 1. The van der Waals surface area contributed by atoms with E-state index < -0.39 is 5.91 Å². The Morgan fingerprint density at radius 1 is 1.40 bits per heavy atom. The van der Waals surface area contributed by atoms with Crippen LogP contribution in [-0.2, 0) is 17.9 Å². The van der Waals surface area contributed by atoms with E-state index in [-0.39, 0.29) is 12.2 Å². The van der Waals surface area contributed by atoms with Crippen LogP contribution in [0.2, 0.25) is 0 Å². The normalized spacial score (nSPS) is 11.1. The van der Waals surface area contributed by atoms with Gasteiger partial charge in [0.05, 0.1) is 18.4 Å². The Morgan fingerprint density at radius 2 is 2.28 bits per heavy atom. The zero-order valence-electron chi connectivity index (χ0n) is 13.7. The summed E-state index contributed by atoms with van der Waals surface area (Å²) >= 11 is 0. The average molecular weight is 343 g/mol. The van der Waals surface area contributed by atoms with Crippen LogP contribution in [0.3, 0.4) is 0 Å². The van der Waals surface area contributed by atoms with E-state index in [0.29, 0.717) is 12.4 Å². The van der Waals surface area contributed by atoms with Gasteiger partial charge in [-0.25, -0.2) is 5.53 Å². The molecule has 0 unspecified atom stereocenters. The molecule has 10 nitrogen and oxygen atoms in total. The molecule has 2 heterocycles. The van der Waals surface area contributed by atoms with Gasteiger partial charge in [0.25, 0.3) is 5.91 Å². The molecule has 1 amide bonds. The van der Waals surface area contributed by atoms with Crippen molar-refractivity contribution in [2.24, 2.45) is 5.11 Å². The third-order valence-electron chi connectivity index (χ3n) is 3.26. The van der Waals surface area contributed by atoms with Crippen LogP contribution in [-0.4, -0.2) is 32.4 Å². The second-order valence-corrected chi connectivity index (χ2v) is 5.21. The molecule has 0 radical (unpaired) electrons. The van der Waals surface area contributed by atoms with Gasteiger partial charge in [-0.1, -0.05) is 11.3 Å². The lowest BCUT2D eigenvalue weighted by Crippen LogP contribution is -2.25. The van der Waals surface area contributed by atoms with Crippen molar-refractivity contribution >= 4 is 11.7 Å². The number of aryl methyl sites for hydroxylation is 1. The fraction of sp³-hybridized carbons (Fsp3) is 0.333. The first-order valence-corrected chi connectivity index (χ1v) is 7.84. The van der Waals surface area contributed by atoms with Gasteiger partial charge in [-0.2, -0.15) is 5.11 Å². The molecule has 25 heavy (non-hydrogen) atoms. The number of aromatic nitrogens is 4. The zero-order valence-corrected chi connectivity index (χ0v) is 13.7. The Kier molecular flexibility index (Phi) is 7.04. The molecule has 0 spiro atoms. The number of nitrogens with two attached hydrogens (primary N) is 1. The summed E-state index contributed by atoms with van der Waals surface area (Å²) in [6.45, 7) is 1.65. The van der Waals surface area contributed by atoms with Crippen molar-refractivity contribution in [3.63, 3.8) is 0 Å². The molecule has 0 aliphatic rings. The number of nitrogens with zero attached hydrogens (tertiary/aromatic N) is 5. The first-order chi connectivity index (χ1) is 12.2. The summed E-state index contributed by atoms with van der Waals surface area (Å²) in [4.78, 5) is 16.1. The van der Waals surface area contributed by atoms with Crippen LogP contribution in [0.15, 0.2) is 47.6 Å². The van der Waals surface area contributed by atoms with Crippen molar-refractivity contribution in [2.75, 3.05) is 12.3 Å². The van der Waals surface area contributed by atoms with E-state index in [4.69, 9.17) is 11.3 Å². The number of unbranched alkanes of at least 4 members (excludes halogenated alkanes) is 1. The fourth-order valence-corrected chi connectivity index (χ4v) is 2.01. The maximum Gasteiger partial charge on any atom is 0.273 e. The van der Waals surface area contributed by atoms with Gasteiger partial charge in [-0.3, -0.25) is 14.5 Å². The molecule has 10 heteroatoms. The van der Waals surface area contributed by atoms with Gasteiger partial charge >= 0.3 is 0 Å². The molecular weight excluding hydrogens is 322 g/mol. The van der Waals surface area contributed by atoms with E-state index >= 15 is 0 Å². The summed E-state index contributed by atoms with van der Waals surface area (Å²) in [7, 11) is 0. The van der Waals surface area contributed by atoms with Crippen LogP contribution in [0.25, 0.3) is 0 Å². The van der Waals surface area contributed by atoms with E-state index in [1.165, 1.54) is 6.20 Å². The van der Waals surface area contributed by atoms with E-state index in [2.05, 4.69) is 31.0 Å². The van der Waals surface area contributed by atoms with Crippen molar-refractivity contribution < 1.29 is 4.79 Å². The number of hydrogen-bond donors (Lipinski definition) is 4. The number of amides is 1. The van der Waals surface area contributed by atoms with Crippen molar-refractivity contribution in [1.29, 1.82) is 5.53 Å². The van der Waals surface area contributed by atoms with Crippen LogP contribution in [0.1, 0.15) is 18.5 Å². The standard InChI is InChI=1S/C15H21N9O/c16-14-11-24(23-22-14)8-4-3-6-18-10-13(21-17)15(25)20-9-12-5-1-2-7-19-12/h1-2,5,7,10-11,17-18H,3-4,6,8-9,16H2,(H,20,25)/b13-10-,21-17?. The molecule has 0 aliphatic heterocycles. The molecule has 5 N–H and O–H groups in total. The largest absolute Gasteiger partial charge is 0.389 e. The summed E-state index contributed by atoms with van der Waals surface area (Å²) < 4.78 is 1.68. The smallest absolute Gasteiger partial charge is 0.273 e. The topological polar surface area (TPSA) is 147 Å². The lowest BCUT2D eigenvalue weighted by Gasteiger charge is -2.05. The molecular formula is C15H21N9O. The number of rotatable bonds is 10. The lowest BCUT2D eigenvalue weighted by molar-refractivity contribution is -0.117. The quantitative estimate of drug-likeness (QED) is 0.285. The SMILES string of the molecule is N=N/C(=C\NCCCCn1cc(N)nn1)C(=O)NCc1ccccn1. The van der Waals surface area contributed by atoms with Gasteiger partial charge in [0.2, 0.25) is 0 Å². The molecule has 0 saturated carbocycles. The van der Waals surface area contributed by atoms with Gasteiger partial charge in [0.1, 0.15) is 0 Å². The van der Waals surface area contributed by atoms with Gasteiger partial charge in [0, 0.05) is 25.5 Å². The Bertz CT molecular complexity index is 711. The highest BCUT2D eigenvalue weighted by molar-refractivity contribution is 5.92. The predicted octanol–water partition coefficient (Wildman–Crippen LogP) is 0.814. The average Bonchev–Trinajstić information content (AvgIpc) is 3.05. The maximum atomic E-state index is 12.0. The Balaban J connectivity index is 1.66. The minimum Gasteiger partial charge on any atom is -0.389 e. The van der Waals surface area contributed by atoms with Crippen molar-refractivity contribution in [3.05, 3.63) is 48.2 Å². The summed E-state index contributed by atoms with van der Waals surface area (Å²) in [5.41, 5.74) is 13.4. The first-order valence-electron chi connectivity index (χ1n) is 7.84. The third-order valence-corrected chi connectivity index (χ3v) is 3.26. The summed E-state index contributed by atoms with van der Waals surface area (Å²) in [5.74, 6) is -0.0225. The lowest BCUT2D eigenvalue weighted by atomic mass is 10.3. The molecule has 2 aromatic rings. The highest BCUT2D eigenvalue weighted by Crippen LogP contribution is 1.99. The summed E-state index contributed by atoms with van der Waals surface area (Å²) in [6, 6.07) is 5.45. The minimum absolute atomic E-state index is 0.0139.